The SMILES string of the molecule is CCOC(=O)Cc1ccc(CNC(=O)c2cc3cc(C(N)=S)ccc3[nH]2)cc1. The molecule has 28 heavy (non-hydrogen) atoms. The van der Waals surface area contributed by atoms with E-state index in [1.807, 2.05) is 42.5 Å². The summed E-state index contributed by atoms with van der Waals surface area (Å²) in [7, 11) is 0. The summed E-state index contributed by atoms with van der Waals surface area (Å²) in [5.74, 6) is -0.454. The van der Waals surface area contributed by atoms with Gasteiger partial charge in [0.05, 0.1) is 13.0 Å². The molecule has 6 nitrogen and oxygen atoms in total. The van der Waals surface area contributed by atoms with Crippen LogP contribution >= 0.6 is 12.2 Å². The Bertz CT molecular complexity index is 1030. The molecule has 0 bridgehead atoms. The summed E-state index contributed by atoms with van der Waals surface area (Å²) in [6.45, 7) is 2.53. The van der Waals surface area contributed by atoms with E-state index in [1.54, 1.807) is 13.0 Å². The van der Waals surface area contributed by atoms with Crippen molar-refractivity contribution in [1.29, 1.82) is 0 Å². The second-order valence-electron chi connectivity index (χ2n) is 6.33. The Balaban J connectivity index is 1.61. The third-order valence-corrected chi connectivity index (χ3v) is 4.52. The smallest absolute Gasteiger partial charge is 0.310 e. The molecular formula is C21H21N3O3S. The van der Waals surface area contributed by atoms with Gasteiger partial charge in [0.1, 0.15) is 10.7 Å². The zero-order valence-electron chi connectivity index (χ0n) is 15.5. The van der Waals surface area contributed by atoms with Crippen molar-refractivity contribution in [2.24, 2.45) is 5.73 Å². The van der Waals surface area contributed by atoms with Crippen molar-refractivity contribution in [3.05, 3.63) is 70.9 Å². The van der Waals surface area contributed by atoms with Crippen molar-refractivity contribution in [3.63, 3.8) is 0 Å². The lowest BCUT2D eigenvalue weighted by Crippen LogP contribution is -2.23. The van der Waals surface area contributed by atoms with E-state index < -0.39 is 0 Å². The molecule has 3 rings (SSSR count). The Kier molecular flexibility index (Phi) is 6.06. The standard InChI is InChI=1S/C21H21N3O3S/c1-2-27-19(25)9-13-3-5-14(6-4-13)12-23-21(26)18-11-16-10-15(20(22)28)7-8-17(16)24-18/h3-8,10-11,24H,2,9,12H2,1H3,(H2,22,28)(H,23,26). The fourth-order valence-electron chi connectivity index (χ4n) is 2.84. The Hall–Kier alpha value is -3.19. The highest BCUT2D eigenvalue weighted by Crippen LogP contribution is 2.17. The van der Waals surface area contributed by atoms with Gasteiger partial charge in [-0.3, -0.25) is 9.59 Å². The van der Waals surface area contributed by atoms with Crippen LogP contribution in [0, 0.1) is 0 Å². The molecule has 7 heteroatoms. The number of ether oxygens (including phenoxy) is 1. The number of amides is 1. The summed E-state index contributed by atoms with van der Waals surface area (Å²) < 4.78 is 4.94. The highest BCUT2D eigenvalue weighted by Gasteiger charge is 2.10. The van der Waals surface area contributed by atoms with Crippen molar-refractivity contribution < 1.29 is 14.3 Å². The fraction of sp³-hybridized carbons (Fsp3) is 0.190. The first-order chi connectivity index (χ1) is 13.5. The second-order valence-corrected chi connectivity index (χ2v) is 6.77. The van der Waals surface area contributed by atoms with Crippen LogP contribution in [0.2, 0.25) is 0 Å². The first-order valence-corrected chi connectivity index (χ1v) is 9.31. The number of carbonyl (C=O) groups is 2. The van der Waals surface area contributed by atoms with E-state index in [0.717, 1.165) is 27.6 Å². The number of nitrogens with one attached hydrogen (secondary N) is 2. The minimum Gasteiger partial charge on any atom is -0.466 e. The molecule has 0 aliphatic rings. The van der Waals surface area contributed by atoms with E-state index >= 15 is 0 Å². The van der Waals surface area contributed by atoms with Gasteiger partial charge < -0.3 is 20.8 Å². The highest BCUT2D eigenvalue weighted by molar-refractivity contribution is 7.80. The monoisotopic (exact) mass is 395 g/mol. The van der Waals surface area contributed by atoms with E-state index in [2.05, 4.69) is 10.3 Å². The van der Waals surface area contributed by atoms with Gasteiger partial charge in [-0.15, -0.1) is 0 Å². The third-order valence-electron chi connectivity index (χ3n) is 4.28. The predicted molar refractivity (Wildman–Crippen MR) is 112 cm³/mol. The first-order valence-electron chi connectivity index (χ1n) is 8.90. The molecule has 0 aliphatic carbocycles. The largest absolute Gasteiger partial charge is 0.466 e. The topological polar surface area (TPSA) is 97.2 Å². The van der Waals surface area contributed by atoms with Crippen molar-refractivity contribution >= 4 is 40.0 Å². The molecule has 1 aromatic heterocycles. The normalized spacial score (nSPS) is 10.6. The maximum atomic E-state index is 12.4. The van der Waals surface area contributed by atoms with Crippen molar-refractivity contribution in [2.45, 2.75) is 19.9 Å². The number of hydrogen-bond donors (Lipinski definition) is 3. The van der Waals surface area contributed by atoms with Gasteiger partial charge in [0, 0.05) is 23.0 Å². The third kappa shape index (κ3) is 4.75. The van der Waals surface area contributed by atoms with Crippen molar-refractivity contribution in [3.8, 4) is 0 Å². The number of aromatic amines is 1. The molecule has 0 aliphatic heterocycles. The molecule has 0 spiro atoms. The summed E-state index contributed by atoms with van der Waals surface area (Å²) in [4.78, 5) is 27.4. The number of fused-ring (bicyclic) bond motifs is 1. The van der Waals surface area contributed by atoms with Crippen LogP contribution in [0.1, 0.15) is 34.1 Å². The second kappa shape index (κ2) is 8.67. The summed E-state index contributed by atoms with van der Waals surface area (Å²) in [6.07, 6.45) is 0.240. The van der Waals surface area contributed by atoms with Gasteiger partial charge in [-0.25, -0.2) is 0 Å². The number of esters is 1. The molecule has 144 valence electrons. The molecule has 1 amide bonds. The van der Waals surface area contributed by atoms with Crippen molar-refractivity contribution in [1.82, 2.24) is 10.3 Å². The summed E-state index contributed by atoms with van der Waals surface area (Å²) in [5.41, 5.74) is 9.53. The van der Waals surface area contributed by atoms with Gasteiger partial charge in [-0.05, 0) is 42.3 Å². The molecule has 4 N–H and O–H groups in total. The molecule has 2 aromatic carbocycles. The van der Waals surface area contributed by atoms with E-state index in [-0.39, 0.29) is 18.3 Å². The van der Waals surface area contributed by atoms with Gasteiger partial charge in [-0.1, -0.05) is 36.5 Å². The maximum absolute atomic E-state index is 12.4. The van der Waals surface area contributed by atoms with Crippen LogP contribution in [0.5, 0.6) is 0 Å². The van der Waals surface area contributed by atoms with Gasteiger partial charge in [0.15, 0.2) is 0 Å². The number of nitrogens with two attached hydrogens (primary N) is 1. The van der Waals surface area contributed by atoms with Gasteiger partial charge in [0.25, 0.3) is 5.91 Å². The fourth-order valence-corrected chi connectivity index (χ4v) is 2.97. The van der Waals surface area contributed by atoms with Crippen LogP contribution < -0.4 is 11.1 Å². The summed E-state index contributed by atoms with van der Waals surface area (Å²) in [5, 5.41) is 3.76. The molecule has 0 atom stereocenters. The van der Waals surface area contributed by atoms with E-state index in [4.69, 9.17) is 22.7 Å². The Morgan fingerprint density at radius 1 is 1.11 bits per heavy atom. The van der Waals surface area contributed by atoms with E-state index in [0.29, 0.717) is 23.8 Å². The van der Waals surface area contributed by atoms with Crippen LogP contribution in [-0.2, 0) is 22.5 Å². The highest BCUT2D eigenvalue weighted by atomic mass is 32.1. The minimum atomic E-state index is -0.249. The first kappa shape index (κ1) is 19.6. The molecule has 3 aromatic rings. The average molecular weight is 395 g/mol. The number of carbonyl (C=O) groups excluding carboxylic acids is 2. The number of H-pyrrole nitrogens is 1. The number of thiocarbonyl (C=S) groups is 1. The van der Waals surface area contributed by atoms with Crippen LogP contribution in [0.4, 0.5) is 0 Å². The number of aromatic nitrogens is 1. The van der Waals surface area contributed by atoms with Crippen molar-refractivity contribution in [2.75, 3.05) is 6.61 Å². The van der Waals surface area contributed by atoms with Gasteiger partial charge in [0.2, 0.25) is 0 Å². The van der Waals surface area contributed by atoms with Gasteiger partial charge >= 0.3 is 5.97 Å². The lowest BCUT2D eigenvalue weighted by molar-refractivity contribution is -0.142. The lowest BCUT2D eigenvalue weighted by Gasteiger charge is -2.06. The van der Waals surface area contributed by atoms with Crippen LogP contribution in [0.15, 0.2) is 48.5 Å². The summed E-state index contributed by atoms with van der Waals surface area (Å²) >= 11 is 4.99. The summed E-state index contributed by atoms with van der Waals surface area (Å²) in [6, 6.07) is 14.8. The van der Waals surface area contributed by atoms with E-state index in [1.165, 1.54) is 0 Å². The van der Waals surface area contributed by atoms with E-state index in [9.17, 15) is 9.59 Å². The van der Waals surface area contributed by atoms with Crippen LogP contribution in [-0.4, -0.2) is 28.5 Å². The molecule has 0 fully saturated rings. The molecule has 1 heterocycles. The average Bonchev–Trinajstić information content (AvgIpc) is 3.10. The van der Waals surface area contributed by atoms with Gasteiger partial charge in [-0.2, -0.15) is 0 Å². The predicted octanol–water partition coefficient (Wildman–Crippen LogP) is 2.84. The van der Waals surface area contributed by atoms with Crippen LogP contribution in [0.25, 0.3) is 10.9 Å². The zero-order valence-corrected chi connectivity index (χ0v) is 16.3. The zero-order chi connectivity index (χ0) is 20.1. The molecule has 0 saturated heterocycles. The maximum Gasteiger partial charge on any atom is 0.310 e. The Morgan fingerprint density at radius 3 is 2.50 bits per heavy atom. The number of rotatable bonds is 7. The Labute approximate surface area is 168 Å². The molecule has 0 saturated carbocycles. The lowest BCUT2D eigenvalue weighted by atomic mass is 10.1. The van der Waals surface area contributed by atoms with Crippen LogP contribution in [0.3, 0.4) is 0 Å². The molecule has 0 unspecified atom stereocenters. The number of hydrogen-bond acceptors (Lipinski definition) is 4. The minimum absolute atomic E-state index is 0.205. The number of benzene rings is 2. The molecular weight excluding hydrogens is 374 g/mol. The Morgan fingerprint density at radius 2 is 1.82 bits per heavy atom. The quantitative estimate of drug-likeness (QED) is 0.422. The molecule has 0 radical (unpaired) electrons.